The molecule has 0 radical (unpaired) electrons. The zero-order valence-corrected chi connectivity index (χ0v) is 11.7. The number of benzene rings is 2. The van der Waals surface area contributed by atoms with E-state index in [0.717, 1.165) is 24.9 Å². The van der Waals surface area contributed by atoms with Crippen molar-refractivity contribution in [3.63, 3.8) is 0 Å². The maximum absolute atomic E-state index is 4.75. The molecular formula is C18H18N2. The lowest BCUT2D eigenvalue weighted by Crippen LogP contribution is -2.08. The lowest BCUT2D eigenvalue weighted by Gasteiger charge is -2.06. The van der Waals surface area contributed by atoms with Crippen LogP contribution < -0.4 is 5.32 Å². The van der Waals surface area contributed by atoms with Gasteiger partial charge in [-0.2, -0.15) is 0 Å². The highest BCUT2D eigenvalue weighted by Crippen LogP contribution is 2.29. The van der Waals surface area contributed by atoms with Gasteiger partial charge < -0.3 is 5.32 Å². The minimum atomic E-state index is 0.563. The average molecular weight is 262 g/mol. The number of anilines is 1. The van der Waals surface area contributed by atoms with E-state index in [4.69, 9.17) is 4.99 Å². The molecule has 1 unspecified atom stereocenters. The van der Waals surface area contributed by atoms with Crippen LogP contribution in [0.25, 0.3) is 0 Å². The molecule has 2 heteroatoms. The Hall–Kier alpha value is -2.09. The fourth-order valence-electron chi connectivity index (χ4n) is 3.23. The molecule has 2 aromatic rings. The summed E-state index contributed by atoms with van der Waals surface area (Å²) >= 11 is 0. The summed E-state index contributed by atoms with van der Waals surface area (Å²) in [6, 6.07) is 15.8. The summed E-state index contributed by atoms with van der Waals surface area (Å²) in [4.78, 5) is 4.75. The van der Waals surface area contributed by atoms with E-state index in [1.807, 2.05) is 0 Å². The van der Waals surface area contributed by atoms with Crippen molar-refractivity contribution in [2.45, 2.75) is 32.2 Å². The van der Waals surface area contributed by atoms with Gasteiger partial charge in [0.25, 0.3) is 0 Å². The monoisotopic (exact) mass is 262 g/mol. The molecule has 0 saturated heterocycles. The molecule has 0 aliphatic carbocycles. The highest BCUT2D eigenvalue weighted by Gasteiger charge is 2.18. The second-order valence-corrected chi connectivity index (χ2v) is 5.90. The van der Waals surface area contributed by atoms with Crippen LogP contribution in [0.1, 0.15) is 23.6 Å². The van der Waals surface area contributed by atoms with Gasteiger partial charge in [-0.15, -0.1) is 0 Å². The first-order valence-corrected chi connectivity index (χ1v) is 7.30. The number of nitrogens with zero attached hydrogens (tertiary/aromatic N) is 1. The number of rotatable bonds is 2. The fraction of sp³-hybridized carbons (Fsp3) is 0.278. The molecule has 2 aromatic carbocycles. The maximum atomic E-state index is 4.75. The van der Waals surface area contributed by atoms with Crippen LogP contribution >= 0.6 is 0 Å². The predicted octanol–water partition coefficient (Wildman–Crippen LogP) is 3.91. The summed E-state index contributed by atoms with van der Waals surface area (Å²) in [5, 5.41) is 3.54. The predicted molar refractivity (Wildman–Crippen MR) is 84.2 cm³/mol. The van der Waals surface area contributed by atoms with Crippen molar-refractivity contribution in [3.8, 4) is 0 Å². The Morgan fingerprint density at radius 1 is 1.15 bits per heavy atom. The van der Waals surface area contributed by atoms with E-state index in [-0.39, 0.29) is 0 Å². The Morgan fingerprint density at radius 2 is 2.05 bits per heavy atom. The van der Waals surface area contributed by atoms with Gasteiger partial charge >= 0.3 is 0 Å². The van der Waals surface area contributed by atoms with Gasteiger partial charge in [0.2, 0.25) is 0 Å². The third-order valence-electron chi connectivity index (χ3n) is 4.18. The summed E-state index contributed by atoms with van der Waals surface area (Å²) in [7, 11) is 0. The second-order valence-electron chi connectivity index (χ2n) is 5.90. The van der Waals surface area contributed by atoms with E-state index in [1.54, 1.807) is 0 Å². The quantitative estimate of drug-likeness (QED) is 0.871. The number of hydrogen-bond acceptors (Lipinski definition) is 2. The minimum Gasteiger partial charge on any atom is -0.382 e. The van der Waals surface area contributed by atoms with Crippen molar-refractivity contribution >= 4 is 17.1 Å². The van der Waals surface area contributed by atoms with Gasteiger partial charge in [0.15, 0.2) is 0 Å². The van der Waals surface area contributed by atoms with E-state index >= 15 is 0 Å². The first kappa shape index (κ1) is 11.7. The molecule has 1 atom stereocenters. The molecule has 0 spiro atoms. The summed E-state index contributed by atoms with van der Waals surface area (Å²) in [5.74, 6) is 0. The van der Waals surface area contributed by atoms with Crippen molar-refractivity contribution in [3.05, 3.63) is 59.2 Å². The average Bonchev–Trinajstić information content (AvgIpc) is 2.99. The zero-order valence-electron chi connectivity index (χ0n) is 11.7. The third kappa shape index (κ3) is 2.01. The Balaban J connectivity index is 1.56. The fourth-order valence-corrected chi connectivity index (χ4v) is 3.23. The molecule has 2 heterocycles. The van der Waals surface area contributed by atoms with E-state index in [1.165, 1.54) is 28.1 Å². The van der Waals surface area contributed by atoms with Crippen molar-refractivity contribution in [2.24, 2.45) is 4.99 Å². The van der Waals surface area contributed by atoms with Crippen molar-refractivity contribution < 1.29 is 0 Å². The number of fused-ring (bicyclic) bond motifs is 2. The lowest BCUT2D eigenvalue weighted by atomic mass is 10.0. The smallest absolute Gasteiger partial charge is 0.0665 e. The summed E-state index contributed by atoms with van der Waals surface area (Å²) in [6.07, 6.45) is 3.09. The van der Waals surface area contributed by atoms with Crippen LogP contribution in [0.4, 0.5) is 11.4 Å². The summed E-state index contributed by atoms with van der Waals surface area (Å²) < 4.78 is 0. The van der Waals surface area contributed by atoms with E-state index in [0.29, 0.717) is 6.04 Å². The lowest BCUT2D eigenvalue weighted by molar-refractivity contribution is 0.839. The highest BCUT2D eigenvalue weighted by molar-refractivity contribution is 5.95. The Labute approximate surface area is 119 Å². The molecule has 2 aliphatic heterocycles. The molecule has 2 nitrogen and oxygen atoms in total. The zero-order chi connectivity index (χ0) is 13.5. The summed E-state index contributed by atoms with van der Waals surface area (Å²) in [6.45, 7) is 2.23. The molecule has 0 aromatic heterocycles. The number of aliphatic imine (C=N–C) groups is 1. The van der Waals surface area contributed by atoms with Crippen LogP contribution in [-0.2, 0) is 19.3 Å². The van der Waals surface area contributed by atoms with Gasteiger partial charge in [0, 0.05) is 30.3 Å². The topological polar surface area (TPSA) is 24.4 Å². The number of para-hydroxylation sites is 1. The van der Waals surface area contributed by atoms with Crippen LogP contribution in [-0.4, -0.2) is 11.8 Å². The maximum Gasteiger partial charge on any atom is 0.0665 e. The summed E-state index contributed by atoms with van der Waals surface area (Å²) in [5.41, 5.74) is 7.89. The van der Waals surface area contributed by atoms with Gasteiger partial charge in [0.1, 0.15) is 0 Å². The molecule has 0 bridgehead atoms. The molecule has 100 valence electrons. The largest absolute Gasteiger partial charge is 0.382 e. The van der Waals surface area contributed by atoms with Gasteiger partial charge in [0.05, 0.1) is 5.69 Å². The number of nitrogens with one attached hydrogen (secondary N) is 1. The SMILES string of the molecule is CC1Cc2ccc(CC3=Nc4ccccc4C3)cc2N1. The molecular weight excluding hydrogens is 244 g/mol. The molecule has 0 fully saturated rings. The Kier molecular flexibility index (Phi) is 2.62. The normalized spacial score (nSPS) is 19.2. The highest BCUT2D eigenvalue weighted by atomic mass is 14.9. The number of hydrogen-bond donors (Lipinski definition) is 1. The molecule has 0 amide bonds. The van der Waals surface area contributed by atoms with Gasteiger partial charge in [-0.05, 0) is 42.2 Å². The molecule has 2 aliphatic rings. The van der Waals surface area contributed by atoms with Crippen LogP contribution in [0, 0.1) is 0 Å². The third-order valence-corrected chi connectivity index (χ3v) is 4.18. The Bertz CT molecular complexity index is 700. The van der Waals surface area contributed by atoms with Crippen LogP contribution in [0.3, 0.4) is 0 Å². The molecule has 20 heavy (non-hydrogen) atoms. The van der Waals surface area contributed by atoms with Crippen molar-refractivity contribution in [2.75, 3.05) is 5.32 Å². The van der Waals surface area contributed by atoms with E-state index < -0.39 is 0 Å². The first-order chi connectivity index (χ1) is 9.78. The van der Waals surface area contributed by atoms with Gasteiger partial charge in [-0.25, -0.2) is 0 Å². The van der Waals surface area contributed by atoms with Crippen LogP contribution in [0.5, 0.6) is 0 Å². The van der Waals surface area contributed by atoms with Gasteiger partial charge in [-0.1, -0.05) is 30.3 Å². The minimum absolute atomic E-state index is 0.563. The van der Waals surface area contributed by atoms with E-state index in [9.17, 15) is 0 Å². The first-order valence-electron chi connectivity index (χ1n) is 7.30. The van der Waals surface area contributed by atoms with E-state index in [2.05, 4.69) is 54.7 Å². The van der Waals surface area contributed by atoms with Gasteiger partial charge in [-0.3, -0.25) is 4.99 Å². The van der Waals surface area contributed by atoms with Crippen LogP contribution in [0.15, 0.2) is 47.5 Å². The molecule has 0 saturated carbocycles. The molecule has 4 rings (SSSR count). The standard InChI is InChI=1S/C18H18N2/c1-12-8-15-7-6-13(10-18(15)19-12)9-16-11-14-4-2-3-5-17(14)20-16/h2-7,10,12,19H,8-9,11H2,1H3. The van der Waals surface area contributed by atoms with Crippen molar-refractivity contribution in [1.29, 1.82) is 0 Å². The second kappa shape index (κ2) is 4.48. The Morgan fingerprint density at radius 3 is 2.95 bits per heavy atom. The van der Waals surface area contributed by atoms with Crippen molar-refractivity contribution in [1.82, 2.24) is 0 Å². The van der Waals surface area contributed by atoms with Crippen LogP contribution in [0.2, 0.25) is 0 Å². The molecule has 1 N–H and O–H groups in total.